The highest BCUT2D eigenvalue weighted by atomic mass is 16.3. The Hall–Kier alpha value is -3.86. The first-order valence-electron chi connectivity index (χ1n) is 9.79. The molecule has 0 fully saturated rings. The monoisotopic (exact) mass is 397 g/mol. The normalized spacial score (nSPS) is 11.3. The minimum absolute atomic E-state index is 0.189. The second-order valence-electron chi connectivity index (χ2n) is 7.30. The number of nitrogens with zero attached hydrogens (tertiary/aromatic N) is 2. The molecule has 0 aliphatic carbocycles. The van der Waals surface area contributed by atoms with E-state index >= 15 is 0 Å². The Morgan fingerprint density at radius 1 is 1.03 bits per heavy atom. The Morgan fingerprint density at radius 2 is 1.77 bits per heavy atom. The number of benzene rings is 3. The zero-order chi connectivity index (χ0) is 21.1. The highest BCUT2D eigenvalue weighted by Crippen LogP contribution is 2.27. The molecule has 0 aliphatic rings. The Bertz CT molecular complexity index is 1220. The SMILES string of the molecule is Cc1c(C)n(Cc2ccccc2)c2ccc(C(=O)NN=Cc3ccc(O)cc3)cc12. The minimum atomic E-state index is -0.264. The third-order valence-corrected chi connectivity index (χ3v) is 5.36. The fourth-order valence-corrected chi connectivity index (χ4v) is 3.55. The lowest BCUT2D eigenvalue weighted by Gasteiger charge is -2.09. The van der Waals surface area contributed by atoms with Crippen molar-refractivity contribution in [2.75, 3.05) is 0 Å². The third kappa shape index (κ3) is 3.96. The molecular weight excluding hydrogens is 374 g/mol. The Balaban J connectivity index is 1.56. The molecule has 4 rings (SSSR count). The van der Waals surface area contributed by atoms with Crippen LogP contribution >= 0.6 is 0 Å². The fourth-order valence-electron chi connectivity index (χ4n) is 3.55. The van der Waals surface area contributed by atoms with Crippen LogP contribution in [0.4, 0.5) is 0 Å². The van der Waals surface area contributed by atoms with Crippen molar-refractivity contribution in [3.8, 4) is 5.75 Å². The van der Waals surface area contributed by atoms with Gasteiger partial charge < -0.3 is 9.67 Å². The summed E-state index contributed by atoms with van der Waals surface area (Å²) in [6, 6.07) is 22.7. The van der Waals surface area contributed by atoms with Crippen LogP contribution in [-0.2, 0) is 6.54 Å². The maximum absolute atomic E-state index is 12.6. The molecular formula is C25H23N3O2. The van der Waals surface area contributed by atoms with E-state index in [4.69, 9.17) is 0 Å². The first-order chi connectivity index (χ1) is 14.5. The molecule has 5 heteroatoms. The Morgan fingerprint density at radius 3 is 2.50 bits per heavy atom. The molecule has 1 aromatic heterocycles. The summed E-state index contributed by atoms with van der Waals surface area (Å²) in [6.07, 6.45) is 1.54. The summed E-state index contributed by atoms with van der Waals surface area (Å²) < 4.78 is 2.28. The van der Waals surface area contributed by atoms with E-state index in [1.807, 2.05) is 36.4 Å². The molecule has 0 bridgehead atoms. The summed E-state index contributed by atoms with van der Waals surface area (Å²) >= 11 is 0. The maximum Gasteiger partial charge on any atom is 0.271 e. The lowest BCUT2D eigenvalue weighted by molar-refractivity contribution is 0.0955. The van der Waals surface area contributed by atoms with Gasteiger partial charge in [-0.3, -0.25) is 4.79 Å². The van der Waals surface area contributed by atoms with Crippen molar-refractivity contribution in [2.24, 2.45) is 5.10 Å². The molecule has 0 radical (unpaired) electrons. The number of phenols is 1. The number of aromatic nitrogens is 1. The van der Waals surface area contributed by atoms with Crippen molar-refractivity contribution >= 4 is 23.0 Å². The lowest BCUT2D eigenvalue weighted by atomic mass is 10.1. The van der Waals surface area contributed by atoms with Gasteiger partial charge in [-0.05, 0) is 73.0 Å². The van der Waals surface area contributed by atoms with Crippen LogP contribution in [0, 0.1) is 13.8 Å². The molecule has 1 heterocycles. The van der Waals surface area contributed by atoms with Crippen LogP contribution in [0.25, 0.3) is 10.9 Å². The molecule has 0 saturated heterocycles. The van der Waals surface area contributed by atoms with E-state index in [-0.39, 0.29) is 11.7 Å². The number of carbonyl (C=O) groups is 1. The molecule has 4 aromatic rings. The Kier molecular flexibility index (Phi) is 5.35. The zero-order valence-corrected chi connectivity index (χ0v) is 17.0. The number of nitrogens with one attached hydrogen (secondary N) is 1. The second kappa shape index (κ2) is 8.25. The average Bonchev–Trinajstić information content (AvgIpc) is 3.00. The van der Waals surface area contributed by atoms with Gasteiger partial charge in [0, 0.05) is 28.7 Å². The van der Waals surface area contributed by atoms with Crippen molar-refractivity contribution in [3.63, 3.8) is 0 Å². The summed E-state index contributed by atoms with van der Waals surface area (Å²) in [4.78, 5) is 12.6. The number of amides is 1. The van der Waals surface area contributed by atoms with Crippen LogP contribution in [0.2, 0.25) is 0 Å². The summed E-state index contributed by atoms with van der Waals surface area (Å²) in [6.45, 7) is 4.99. The van der Waals surface area contributed by atoms with Crippen LogP contribution < -0.4 is 5.43 Å². The van der Waals surface area contributed by atoms with Crippen molar-refractivity contribution in [1.29, 1.82) is 0 Å². The van der Waals surface area contributed by atoms with E-state index in [0.29, 0.717) is 5.56 Å². The maximum atomic E-state index is 12.6. The van der Waals surface area contributed by atoms with Crippen LogP contribution in [-0.4, -0.2) is 21.8 Å². The van der Waals surface area contributed by atoms with Gasteiger partial charge in [-0.15, -0.1) is 0 Å². The van der Waals surface area contributed by atoms with Gasteiger partial charge in [0.1, 0.15) is 5.75 Å². The minimum Gasteiger partial charge on any atom is -0.508 e. The first-order valence-corrected chi connectivity index (χ1v) is 9.79. The van der Waals surface area contributed by atoms with Crippen LogP contribution in [0.15, 0.2) is 77.9 Å². The molecule has 150 valence electrons. The molecule has 0 aliphatic heterocycles. The molecule has 5 nitrogen and oxygen atoms in total. The van der Waals surface area contributed by atoms with Gasteiger partial charge >= 0.3 is 0 Å². The van der Waals surface area contributed by atoms with E-state index < -0.39 is 0 Å². The summed E-state index contributed by atoms with van der Waals surface area (Å²) in [5.74, 6) is -0.0749. The predicted octanol–water partition coefficient (Wildman–Crippen LogP) is 4.78. The molecule has 0 unspecified atom stereocenters. The topological polar surface area (TPSA) is 66.6 Å². The summed E-state index contributed by atoms with van der Waals surface area (Å²) in [7, 11) is 0. The van der Waals surface area contributed by atoms with Gasteiger partial charge in [-0.1, -0.05) is 30.3 Å². The Labute approximate surface area is 175 Å². The number of phenolic OH excluding ortho intramolecular Hbond substituents is 1. The quantitative estimate of drug-likeness (QED) is 0.376. The lowest BCUT2D eigenvalue weighted by Crippen LogP contribution is -2.17. The molecule has 30 heavy (non-hydrogen) atoms. The van der Waals surface area contributed by atoms with E-state index in [0.717, 1.165) is 23.0 Å². The van der Waals surface area contributed by atoms with Gasteiger partial charge in [0.25, 0.3) is 5.91 Å². The average molecular weight is 397 g/mol. The number of aryl methyl sites for hydroxylation is 1. The largest absolute Gasteiger partial charge is 0.508 e. The number of hydrogen-bond acceptors (Lipinski definition) is 3. The summed E-state index contributed by atoms with van der Waals surface area (Å²) in [5, 5.41) is 14.4. The van der Waals surface area contributed by atoms with Crippen LogP contribution in [0.3, 0.4) is 0 Å². The van der Waals surface area contributed by atoms with Gasteiger partial charge in [-0.2, -0.15) is 5.10 Å². The molecule has 3 aromatic carbocycles. The van der Waals surface area contributed by atoms with Crippen molar-refractivity contribution < 1.29 is 9.90 Å². The molecule has 0 atom stereocenters. The number of hydrogen-bond donors (Lipinski definition) is 2. The predicted molar refractivity (Wildman–Crippen MR) is 120 cm³/mol. The molecule has 1 amide bonds. The van der Waals surface area contributed by atoms with Crippen molar-refractivity contribution in [2.45, 2.75) is 20.4 Å². The zero-order valence-electron chi connectivity index (χ0n) is 17.0. The molecule has 0 spiro atoms. The van der Waals surface area contributed by atoms with Gasteiger partial charge in [-0.25, -0.2) is 5.43 Å². The van der Waals surface area contributed by atoms with Gasteiger partial charge in [0.15, 0.2) is 0 Å². The number of carbonyl (C=O) groups excluding carboxylic acids is 1. The summed E-state index contributed by atoms with van der Waals surface area (Å²) in [5.41, 5.74) is 8.62. The second-order valence-corrected chi connectivity index (χ2v) is 7.30. The van der Waals surface area contributed by atoms with Crippen molar-refractivity contribution in [3.05, 3.63) is 101 Å². The number of aromatic hydroxyl groups is 1. The fraction of sp³-hybridized carbons (Fsp3) is 0.120. The van der Waals surface area contributed by atoms with E-state index in [1.54, 1.807) is 30.5 Å². The van der Waals surface area contributed by atoms with Crippen LogP contribution in [0.1, 0.15) is 32.7 Å². The smallest absolute Gasteiger partial charge is 0.271 e. The van der Waals surface area contributed by atoms with E-state index in [1.165, 1.54) is 16.8 Å². The van der Waals surface area contributed by atoms with Gasteiger partial charge in [0.05, 0.1) is 6.21 Å². The third-order valence-electron chi connectivity index (χ3n) is 5.36. The van der Waals surface area contributed by atoms with Crippen molar-refractivity contribution in [1.82, 2.24) is 9.99 Å². The van der Waals surface area contributed by atoms with Crippen LogP contribution in [0.5, 0.6) is 5.75 Å². The van der Waals surface area contributed by atoms with E-state index in [9.17, 15) is 9.90 Å². The first kappa shape index (κ1) is 19.5. The standard InChI is InChI=1S/C25H23N3O2/c1-17-18(2)28(16-20-6-4-3-5-7-20)24-13-10-21(14-23(17)24)25(30)27-26-15-19-8-11-22(29)12-9-19/h3-15,29H,16H2,1-2H3,(H,27,30). The van der Waals surface area contributed by atoms with Gasteiger partial charge in [0.2, 0.25) is 0 Å². The number of hydrazone groups is 1. The molecule has 2 N–H and O–H groups in total. The van der Waals surface area contributed by atoms with E-state index in [2.05, 4.69) is 41.1 Å². The number of rotatable bonds is 5. The highest BCUT2D eigenvalue weighted by molar-refractivity contribution is 5.99. The highest BCUT2D eigenvalue weighted by Gasteiger charge is 2.14. The molecule has 0 saturated carbocycles. The number of fused-ring (bicyclic) bond motifs is 1.